The van der Waals surface area contributed by atoms with E-state index in [1.165, 1.54) is 18.2 Å². The van der Waals surface area contributed by atoms with Crippen molar-refractivity contribution in [1.29, 1.82) is 0 Å². The van der Waals surface area contributed by atoms with Crippen molar-refractivity contribution in [2.24, 2.45) is 11.5 Å². The highest BCUT2D eigenvalue weighted by atomic mass is 19.1. The van der Waals surface area contributed by atoms with Gasteiger partial charge in [0, 0.05) is 48.3 Å². The first-order chi connectivity index (χ1) is 20.7. The number of aliphatic hydroxyl groups excluding tert-OH is 1. The van der Waals surface area contributed by atoms with E-state index in [1.54, 1.807) is 30.6 Å². The third kappa shape index (κ3) is 9.24. The van der Waals surface area contributed by atoms with Crippen molar-refractivity contribution in [2.45, 2.75) is 43.9 Å². The van der Waals surface area contributed by atoms with E-state index in [2.05, 4.69) is 15.6 Å². The molecule has 8 nitrogen and oxygen atoms in total. The van der Waals surface area contributed by atoms with Crippen LogP contribution in [0.5, 0.6) is 0 Å². The van der Waals surface area contributed by atoms with E-state index in [9.17, 15) is 23.5 Å². The fraction of sp³-hybridized carbons (Fsp3) is 0.242. The molecule has 224 valence electrons. The number of pyridine rings is 1. The first-order valence-electron chi connectivity index (χ1n) is 14.0. The normalized spacial score (nSPS) is 13.1. The number of aryl methyl sites for hydroxylation is 1. The second kappa shape index (κ2) is 15.1. The molecule has 10 heteroatoms. The zero-order chi connectivity index (χ0) is 30.8. The van der Waals surface area contributed by atoms with Gasteiger partial charge in [-0.25, -0.2) is 8.78 Å². The third-order valence-electron chi connectivity index (χ3n) is 7.05. The molecule has 3 aromatic carbocycles. The molecular formula is C33H35F2N5O3. The summed E-state index contributed by atoms with van der Waals surface area (Å²) in [6.45, 7) is 0.193. The van der Waals surface area contributed by atoms with Crippen molar-refractivity contribution in [3.63, 3.8) is 0 Å². The zero-order valence-electron chi connectivity index (χ0n) is 23.5. The van der Waals surface area contributed by atoms with Crippen molar-refractivity contribution in [2.75, 3.05) is 11.9 Å². The number of nitrogens with one attached hydrogen (secondary N) is 2. The van der Waals surface area contributed by atoms with Crippen molar-refractivity contribution >= 4 is 17.5 Å². The Kier molecular flexibility index (Phi) is 11.0. The molecular weight excluding hydrogens is 552 g/mol. The number of anilines is 1. The summed E-state index contributed by atoms with van der Waals surface area (Å²) in [7, 11) is 0. The van der Waals surface area contributed by atoms with E-state index >= 15 is 0 Å². The van der Waals surface area contributed by atoms with E-state index in [0.717, 1.165) is 22.8 Å². The van der Waals surface area contributed by atoms with E-state index in [0.29, 0.717) is 36.1 Å². The number of hydrogen-bond acceptors (Lipinski definition) is 6. The zero-order valence-corrected chi connectivity index (χ0v) is 23.5. The number of benzene rings is 3. The molecule has 1 aromatic heterocycles. The molecule has 0 aliphatic rings. The van der Waals surface area contributed by atoms with Crippen molar-refractivity contribution in [3.05, 3.63) is 120 Å². The Hall–Kier alpha value is -4.51. The summed E-state index contributed by atoms with van der Waals surface area (Å²) in [5.74, 6) is -2.28. The Morgan fingerprint density at radius 3 is 2.44 bits per heavy atom. The summed E-state index contributed by atoms with van der Waals surface area (Å²) >= 11 is 0. The Labute approximate surface area is 249 Å². The predicted octanol–water partition coefficient (Wildman–Crippen LogP) is 3.98. The van der Waals surface area contributed by atoms with Gasteiger partial charge in [0.1, 0.15) is 17.7 Å². The van der Waals surface area contributed by atoms with Gasteiger partial charge in [-0.1, -0.05) is 42.5 Å². The van der Waals surface area contributed by atoms with E-state index < -0.39 is 29.7 Å². The molecule has 0 fully saturated rings. The Balaban J connectivity index is 1.22. The molecule has 0 radical (unpaired) electrons. The number of hydrogen-bond donors (Lipinski definition) is 5. The van der Waals surface area contributed by atoms with Gasteiger partial charge >= 0.3 is 0 Å². The van der Waals surface area contributed by atoms with Gasteiger partial charge in [-0.3, -0.25) is 14.6 Å². The fourth-order valence-corrected chi connectivity index (χ4v) is 4.61. The number of nitrogens with two attached hydrogens (primary N) is 2. The van der Waals surface area contributed by atoms with Gasteiger partial charge in [-0.15, -0.1) is 0 Å². The number of halogens is 2. The van der Waals surface area contributed by atoms with Crippen LogP contribution in [0.25, 0.3) is 11.1 Å². The largest absolute Gasteiger partial charge is 0.382 e. The average molecular weight is 588 g/mol. The lowest BCUT2D eigenvalue weighted by Gasteiger charge is -2.19. The summed E-state index contributed by atoms with van der Waals surface area (Å²) in [6.07, 6.45) is 3.79. The molecule has 43 heavy (non-hydrogen) atoms. The highest BCUT2D eigenvalue weighted by Crippen LogP contribution is 2.19. The Morgan fingerprint density at radius 2 is 1.72 bits per heavy atom. The maximum Gasteiger partial charge on any atom is 0.254 e. The molecule has 4 aromatic rings. The van der Waals surface area contributed by atoms with Gasteiger partial charge in [0.2, 0.25) is 0 Å². The number of aromatic nitrogens is 1. The maximum absolute atomic E-state index is 13.8. The lowest BCUT2D eigenvalue weighted by atomic mass is 9.99. The van der Waals surface area contributed by atoms with Crippen LogP contribution in [-0.4, -0.2) is 46.6 Å². The lowest BCUT2D eigenvalue weighted by molar-refractivity contribution is -0.124. The molecule has 4 rings (SSSR count). The topological polar surface area (TPSA) is 143 Å². The highest BCUT2D eigenvalue weighted by molar-refractivity contribution is 5.98. The minimum atomic E-state index is -1.48. The molecule has 7 N–H and O–H groups in total. The number of carbonyl (C=O) groups excluding carboxylic acids is 2. The predicted molar refractivity (Wildman–Crippen MR) is 162 cm³/mol. The van der Waals surface area contributed by atoms with Gasteiger partial charge in [0.05, 0.1) is 0 Å². The fourth-order valence-electron chi connectivity index (χ4n) is 4.61. The van der Waals surface area contributed by atoms with Crippen LogP contribution in [0.1, 0.15) is 34.3 Å². The first kappa shape index (κ1) is 31.4. The standard InChI is InChI=1S/C33H35F2N5O3/c34-26-14-13-23(29(35)18-26)4-1-7-27(36)20-39-32(42)24-5-2-8-28(17-24)40-33(43)31(41)30(37)16-21-9-11-22(12-10-21)25-6-3-15-38-19-25/h2-3,5-6,8-15,17-19,27,30-31,41H,1,4,7,16,20,36-37H2,(H,39,42)(H,40,43). The summed E-state index contributed by atoms with van der Waals surface area (Å²) < 4.78 is 26.8. The molecule has 0 bridgehead atoms. The third-order valence-corrected chi connectivity index (χ3v) is 7.05. The lowest BCUT2D eigenvalue weighted by Crippen LogP contribution is -2.44. The molecule has 2 amide bonds. The van der Waals surface area contributed by atoms with Crippen LogP contribution < -0.4 is 22.1 Å². The first-order valence-corrected chi connectivity index (χ1v) is 14.0. The minimum absolute atomic E-state index is 0.193. The molecule has 3 unspecified atom stereocenters. The van der Waals surface area contributed by atoms with Crippen molar-refractivity contribution < 1.29 is 23.5 Å². The molecule has 0 saturated heterocycles. The van der Waals surface area contributed by atoms with Crippen LogP contribution in [0.4, 0.5) is 14.5 Å². The van der Waals surface area contributed by atoms with Gasteiger partial charge in [-0.2, -0.15) is 0 Å². The SMILES string of the molecule is NC(CCCc1ccc(F)cc1F)CNC(=O)c1cccc(NC(=O)C(O)C(N)Cc2ccc(-c3cccnc3)cc2)c1. The summed E-state index contributed by atoms with van der Waals surface area (Å²) in [4.78, 5) is 29.5. The van der Waals surface area contributed by atoms with Crippen LogP contribution in [0.3, 0.4) is 0 Å². The molecule has 1 heterocycles. The molecule has 0 spiro atoms. The number of nitrogens with zero attached hydrogens (tertiary/aromatic N) is 1. The number of rotatable bonds is 13. The maximum atomic E-state index is 13.8. The van der Waals surface area contributed by atoms with E-state index in [4.69, 9.17) is 11.5 Å². The summed E-state index contributed by atoms with van der Waals surface area (Å²) in [6, 6.07) is 20.0. The van der Waals surface area contributed by atoms with Crippen LogP contribution in [0.15, 0.2) is 91.3 Å². The summed E-state index contributed by atoms with van der Waals surface area (Å²) in [5.41, 5.74) is 16.1. The van der Waals surface area contributed by atoms with Crippen molar-refractivity contribution in [1.82, 2.24) is 10.3 Å². The average Bonchev–Trinajstić information content (AvgIpc) is 3.01. The quantitative estimate of drug-likeness (QED) is 0.160. The monoisotopic (exact) mass is 587 g/mol. The van der Waals surface area contributed by atoms with Crippen LogP contribution in [0, 0.1) is 11.6 Å². The number of amides is 2. The Bertz CT molecular complexity index is 1520. The van der Waals surface area contributed by atoms with Gasteiger partial charge in [0.25, 0.3) is 11.8 Å². The molecule has 3 atom stereocenters. The second-order valence-corrected chi connectivity index (χ2v) is 10.4. The van der Waals surface area contributed by atoms with E-state index in [-0.39, 0.29) is 24.9 Å². The van der Waals surface area contributed by atoms with Gasteiger partial charge < -0.3 is 27.2 Å². The van der Waals surface area contributed by atoms with Gasteiger partial charge in [-0.05, 0) is 78.3 Å². The molecule has 0 saturated carbocycles. The Morgan fingerprint density at radius 1 is 0.930 bits per heavy atom. The van der Waals surface area contributed by atoms with Crippen molar-refractivity contribution in [3.8, 4) is 11.1 Å². The molecule has 0 aliphatic heterocycles. The van der Waals surface area contributed by atoms with Gasteiger partial charge in [0.15, 0.2) is 0 Å². The van der Waals surface area contributed by atoms with Crippen LogP contribution in [0.2, 0.25) is 0 Å². The molecule has 0 aliphatic carbocycles. The summed E-state index contributed by atoms with van der Waals surface area (Å²) in [5, 5.41) is 15.9. The number of carbonyl (C=O) groups is 2. The number of aliphatic hydroxyl groups is 1. The van der Waals surface area contributed by atoms with Crippen LogP contribution >= 0.6 is 0 Å². The smallest absolute Gasteiger partial charge is 0.254 e. The second-order valence-electron chi connectivity index (χ2n) is 10.4. The van der Waals surface area contributed by atoms with E-state index in [1.807, 2.05) is 36.4 Å². The van der Waals surface area contributed by atoms with Crippen LogP contribution in [-0.2, 0) is 17.6 Å². The highest BCUT2D eigenvalue weighted by Gasteiger charge is 2.23. The minimum Gasteiger partial charge on any atom is -0.382 e.